The van der Waals surface area contributed by atoms with Crippen molar-refractivity contribution in [3.8, 4) is 17.8 Å². The third-order valence-electron chi connectivity index (χ3n) is 2.27. The number of nitrogens with zero attached hydrogens (tertiary/aromatic N) is 4. The molecule has 2 aromatic rings. The van der Waals surface area contributed by atoms with Crippen LogP contribution in [-0.2, 0) is 0 Å². The molecule has 0 saturated heterocycles. The molecule has 0 aliphatic carbocycles. The summed E-state index contributed by atoms with van der Waals surface area (Å²) in [5, 5.41) is 19.2. The maximum absolute atomic E-state index is 13.4. The predicted molar refractivity (Wildman–Crippen MR) is 64.6 cm³/mol. The van der Waals surface area contributed by atoms with Crippen LogP contribution in [0.3, 0.4) is 0 Å². The van der Waals surface area contributed by atoms with Crippen molar-refractivity contribution in [2.45, 2.75) is 6.92 Å². The quantitative estimate of drug-likeness (QED) is 0.629. The minimum Gasteiger partial charge on any atom is -0.424 e. The molecule has 1 heterocycles. The van der Waals surface area contributed by atoms with Crippen molar-refractivity contribution < 1.29 is 14.1 Å². The molecule has 0 saturated carbocycles. The van der Waals surface area contributed by atoms with E-state index in [0.29, 0.717) is 5.69 Å². The maximum Gasteiger partial charge on any atom is 0.323 e. The number of ether oxygens (including phenoxy) is 1. The van der Waals surface area contributed by atoms with Crippen molar-refractivity contribution in [2.24, 2.45) is 0 Å². The molecule has 20 heavy (non-hydrogen) atoms. The molecule has 0 N–H and O–H groups in total. The average molecular weight is 274 g/mol. The minimum atomic E-state index is -1.03. The second kappa shape index (κ2) is 5.27. The number of nitriles is 1. The lowest BCUT2D eigenvalue weighted by Crippen LogP contribution is -1.97. The molecule has 0 atom stereocenters. The fourth-order valence-corrected chi connectivity index (χ4v) is 1.45. The van der Waals surface area contributed by atoms with Crippen molar-refractivity contribution in [1.29, 1.82) is 5.26 Å². The summed E-state index contributed by atoms with van der Waals surface area (Å²) < 4.78 is 18.6. The lowest BCUT2D eigenvalue weighted by molar-refractivity contribution is -0.387. The number of hydrogen-bond donors (Lipinski definition) is 0. The number of benzene rings is 1. The summed E-state index contributed by atoms with van der Waals surface area (Å²) in [6.07, 6.45) is 0. The molecule has 0 unspecified atom stereocenters. The molecular weight excluding hydrogens is 267 g/mol. The van der Waals surface area contributed by atoms with E-state index in [1.54, 1.807) is 6.92 Å². The fraction of sp³-hybridized carbons (Fsp3) is 0.0833. The first kappa shape index (κ1) is 13.4. The summed E-state index contributed by atoms with van der Waals surface area (Å²) in [5.74, 6) is -1.02. The normalized spacial score (nSPS) is 9.85. The molecule has 1 aromatic heterocycles. The van der Waals surface area contributed by atoms with Crippen LogP contribution in [0.5, 0.6) is 11.8 Å². The number of nitro groups is 1. The first-order chi connectivity index (χ1) is 9.49. The molecule has 0 bridgehead atoms. The molecule has 100 valence electrons. The zero-order valence-corrected chi connectivity index (χ0v) is 10.2. The molecule has 0 amide bonds. The number of hydrogen-bond acceptors (Lipinski definition) is 6. The van der Waals surface area contributed by atoms with E-state index in [4.69, 9.17) is 10.00 Å². The Hall–Kier alpha value is -3.08. The van der Waals surface area contributed by atoms with Gasteiger partial charge >= 0.3 is 11.7 Å². The zero-order chi connectivity index (χ0) is 14.7. The monoisotopic (exact) mass is 274 g/mol. The highest BCUT2D eigenvalue weighted by Crippen LogP contribution is 2.25. The molecule has 0 spiro atoms. The van der Waals surface area contributed by atoms with E-state index in [1.807, 2.05) is 6.07 Å². The lowest BCUT2D eigenvalue weighted by Gasteiger charge is -2.04. The van der Waals surface area contributed by atoms with E-state index >= 15 is 0 Å². The third-order valence-corrected chi connectivity index (χ3v) is 2.27. The summed E-state index contributed by atoms with van der Waals surface area (Å²) in [5.41, 5.74) is -0.0379. The Morgan fingerprint density at radius 3 is 2.75 bits per heavy atom. The molecular formula is C12H7FN4O3. The van der Waals surface area contributed by atoms with Gasteiger partial charge in [0.1, 0.15) is 17.5 Å². The number of nitro benzene ring substituents is 1. The van der Waals surface area contributed by atoms with Gasteiger partial charge in [-0.1, -0.05) is 0 Å². The Morgan fingerprint density at radius 2 is 2.15 bits per heavy atom. The second-order valence-corrected chi connectivity index (χ2v) is 3.76. The molecule has 8 heteroatoms. The summed E-state index contributed by atoms with van der Waals surface area (Å²) in [4.78, 5) is 17.4. The molecule has 0 aliphatic heterocycles. The van der Waals surface area contributed by atoms with Crippen molar-refractivity contribution >= 4 is 5.69 Å². The van der Waals surface area contributed by atoms with Gasteiger partial charge in [0.2, 0.25) is 5.82 Å². The van der Waals surface area contributed by atoms with Crippen LogP contribution in [0, 0.1) is 34.2 Å². The highest BCUT2D eigenvalue weighted by atomic mass is 19.1. The topological polar surface area (TPSA) is 102 Å². The minimum absolute atomic E-state index is 0.00240. The van der Waals surface area contributed by atoms with Crippen molar-refractivity contribution in [3.63, 3.8) is 0 Å². The largest absolute Gasteiger partial charge is 0.424 e. The van der Waals surface area contributed by atoms with E-state index in [9.17, 15) is 14.5 Å². The standard InChI is InChI=1S/C12H7FN4O3/c1-7-4-8(6-14)16-12(15-7)20-9-2-3-11(17(18)19)10(13)5-9/h2-5H,1H3. The smallest absolute Gasteiger partial charge is 0.323 e. The number of aromatic nitrogens is 2. The molecule has 7 nitrogen and oxygen atoms in total. The van der Waals surface area contributed by atoms with Gasteiger partial charge in [0.15, 0.2) is 0 Å². The van der Waals surface area contributed by atoms with E-state index in [-0.39, 0.29) is 17.5 Å². The fourth-order valence-electron chi connectivity index (χ4n) is 1.45. The van der Waals surface area contributed by atoms with Crippen molar-refractivity contribution in [3.05, 3.63) is 51.6 Å². The first-order valence-corrected chi connectivity index (χ1v) is 5.37. The van der Waals surface area contributed by atoms with Gasteiger partial charge in [0.05, 0.1) is 4.92 Å². The van der Waals surface area contributed by atoms with Crippen LogP contribution in [0.4, 0.5) is 10.1 Å². The Kier molecular flexibility index (Phi) is 3.52. The van der Waals surface area contributed by atoms with Gasteiger partial charge in [0, 0.05) is 17.8 Å². The van der Waals surface area contributed by atoms with E-state index < -0.39 is 16.4 Å². The Bertz CT molecular complexity index is 727. The molecule has 0 radical (unpaired) electrons. The highest BCUT2D eigenvalue weighted by Gasteiger charge is 2.15. The Labute approximate surface area is 112 Å². The van der Waals surface area contributed by atoms with E-state index in [0.717, 1.165) is 12.1 Å². The summed E-state index contributed by atoms with van der Waals surface area (Å²) in [7, 11) is 0. The van der Waals surface area contributed by atoms with Crippen LogP contribution in [0.2, 0.25) is 0 Å². The summed E-state index contributed by atoms with van der Waals surface area (Å²) >= 11 is 0. The third kappa shape index (κ3) is 2.84. The molecule has 0 fully saturated rings. The van der Waals surface area contributed by atoms with Crippen LogP contribution in [0.1, 0.15) is 11.4 Å². The number of rotatable bonds is 3. The van der Waals surface area contributed by atoms with Gasteiger partial charge in [-0.3, -0.25) is 10.1 Å². The van der Waals surface area contributed by atoms with Gasteiger partial charge in [-0.15, -0.1) is 0 Å². The number of aryl methyl sites for hydroxylation is 1. The Morgan fingerprint density at radius 1 is 1.40 bits per heavy atom. The van der Waals surface area contributed by atoms with Gasteiger partial charge in [-0.05, 0) is 19.1 Å². The van der Waals surface area contributed by atoms with Crippen LogP contribution in [-0.4, -0.2) is 14.9 Å². The molecule has 1 aromatic carbocycles. The lowest BCUT2D eigenvalue weighted by atomic mass is 10.3. The maximum atomic E-state index is 13.4. The van der Waals surface area contributed by atoms with E-state index in [1.165, 1.54) is 12.1 Å². The summed E-state index contributed by atoms with van der Waals surface area (Å²) in [6, 6.07) is 6.22. The van der Waals surface area contributed by atoms with Crippen LogP contribution in [0.25, 0.3) is 0 Å². The molecule has 0 aliphatic rings. The molecule has 2 rings (SSSR count). The second-order valence-electron chi connectivity index (χ2n) is 3.76. The van der Waals surface area contributed by atoms with Crippen molar-refractivity contribution in [2.75, 3.05) is 0 Å². The van der Waals surface area contributed by atoms with Crippen molar-refractivity contribution in [1.82, 2.24) is 9.97 Å². The van der Waals surface area contributed by atoms with Crippen LogP contribution < -0.4 is 4.74 Å². The first-order valence-electron chi connectivity index (χ1n) is 5.37. The highest BCUT2D eigenvalue weighted by molar-refractivity contribution is 5.39. The van der Waals surface area contributed by atoms with Crippen LogP contribution >= 0.6 is 0 Å². The zero-order valence-electron chi connectivity index (χ0n) is 10.2. The van der Waals surface area contributed by atoms with Gasteiger partial charge in [-0.2, -0.15) is 14.6 Å². The van der Waals surface area contributed by atoms with Gasteiger partial charge < -0.3 is 4.74 Å². The summed E-state index contributed by atoms with van der Waals surface area (Å²) in [6.45, 7) is 1.64. The van der Waals surface area contributed by atoms with Gasteiger partial charge in [-0.25, -0.2) is 4.98 Å². The SMILES string of the molecule is Cc1cc(C#N)nc(Oc2ccc([N+](=O)[O-])c(F)c2)n1. The number of halogens is 1. The Balaban J connectivity index is 2.31. The van der Waals surface area contributed by atoms with Crippen LogP contribution in [0.15, 0.2) is 24.3 Å². The average Bonchev–Trinajstić information content (AvgIpc) is 2.37. The van der Waals surface area contributed by atoms with Gasteiger partial charge in [0.25, 0.3) is 0 Å². The predicted octanol–water partition coefficient (Wildman–Crippen LogP) is 2.50. The van der Waals surface area contributed by atoms with E-state index in [2.05, 4.69) is 9.97 Å².